The van der Waals surface area contributed by atoms with Crippen LogP contribution in [-0.4, -0.2) is 23.8 Å². The molecule has 0 fully saturated rings. The minimum atomic E-state index is -0.745. The average molecular weight is 386 g/mol. The van der Waals surface area contributed by atoms with Crippen LogP contribution in [0.15, 0.2) is 52.2 Å². The molecule has 5 nitrogen and oxygen atoms in total. The van der Waals surface area contributed by atoms with Gasteiger partial charge >= 0.3 is 5.97 Å². The fourth-order valence-electron chi connectivity index (χ4n) is 2.78. The number of aromatic amines is 1. The molecule has 27 heavy (non-hydrogen) atoms. The Morgan fingerprint density at radius 1 is 1.22 bits per heavy atom. The maximum atomic E-state index is 13.8. The van der Waals surface area contributed by atoms with Crippen LogP contribution in [0.4, 0.5) is 10.1 Å². The molecule has 0 unspecified atom stereocenters. The number of rotatable bonds is 6. The number of ether oxygens (including phenoxy) is 1. The molecule has 140 valence electrons. The molecule has 0 bridgehead atoms. The molecule has 0 radical (unpaired) electrons. The summed E-state index contributed by atoms with van der Waals surface area (Å²) in [6, 6.07) is 11.9. The average Bonchev–Trinajstić information content (AvgIpc) is 2.66. The van der Waals surface area contributed by atoms with Crippen molar-refractivity contribution in [3.63, 3.8) is 0 Å². The van der Waals surface area contributed by atoms with E-state index in [0.29, 0.717) is 17.4 Å². The number of carbonyl (C=O) groups is 1. The number of aromatic nitrogens is 1. The number of hydrogen-bond acceptors (Lipinski definition) is 5. The summed E-state index contributed by atoms with van der Waals surface area (Å²) in [4.78, 5) is 28.5. The Morgan fingerprint density at radius 2 is 1.96 bits per heavy atom. The van der Waals surface area contributed by atoms with Gasteiger partial charge in [-0.05, 0) is 49.1 Å². The number of H-pyrrole nitrogens is 1. The first-order valence-electron chi connectivity index (χ1n) is 8.43. The molecular formula is C20H19FN2O3S. The van der Waals surface area contributed by atoms with Crippen molar-refractivity contribution in [2.45, 2.75) is 18.4 Å². The third-order valence-corrected chi connectivity index (χ3v) is 4.83. The molecule has 0 aliphatic heterocycles. The lowest BCUT2D eigenvalue weighted by atomic mass is 10.1. The number of benzene rings is 2. The number of nitrogens with one attached hydrogen (secondary N) is 2. The predicted molar refractivity (Wildman–Crippen MR) is 106 cm³/mol. The zero-order valence-electron chi connectivity index (χ0n) is 15.0. The Kier molecular flexibility index (Phi) is 5.81. The Morgan fingerprint density at radius 3 is 2.63 bits per heavy atom. The number of hydrogen-bond donors (Lipinski definition) is 2. The van der Waals surface area contributed by atoms with Crippen LogP contribution in [0.5, 0.6) is 0 Å². The van der Waals surface area contributed by atoms with E-state index in [1.165, 1.54) is 18.2 Å². The molecule has 0 aliphatic carbocycles. The van der Waals surface area contributed by atoms with Gasteiger partial charge in [0.05, 0.1) is 17.8 Å². The van der Waals surface area contributed by atoms with Gasteiger partial charge in [0.25, 0.3) is 5.56 Å². The van der Waals surface area contributed by atoms with Crippen LogP contribution in [0.3, 0.4) is 0 Å². The minimum absolute atomic E-state index is 0.134. The molecule has 0 amide bonds. The molecule has 1 heterocycles. The first-order chi connectivity index (χ1) is 13.0. The van der Waals surface area contributed by atoms with Crippen LogP contribution < -0.4 is 10.9 Å². The lowest BCUT2D eigenvalue weighted by Crippen LogP contribution is -2.23. The van der Waals surface area contributed by atoms with Gasteiger partial charge in [-0.2, -0.15) is 0 Å². The van der Waals surface area contributed by atoms with Crippen molar-refractivity contribution < 1.29 is 13.9 Å². The van der Waals surface area contributed by atoms with Crippen molar-refractivity contribution in [1.82, 2.24) is 4.98 Å². The summed E-state index contributed by atoms with van der Waals surface area (Å²) in [5, 5.41) is 3.54. The molecule has 2 N–H and O–H groups in total. The summed E-state index contributed by atoms with van der Waals surface area (Å²) in [6.45, 7) is 2.17. The van der Waals surface area contributed by atoms with Gasteiger partial charge in [0, 0.05) is 16.8 Å². The maximum absolute atomic E-state index is 13.8. The van der Waals surface area contributed by atoms with Crippen molar-refractivity contribution in [3.8, 4) is 0 Å². The van der Waals surface area contributed by atoms with Crippen LogP contribution in [0.1, 0.15) is 22.8 Å². The molecular weight excluding hydrogens is 367 g/mol. The van der Waals surface area contributed by atoms with Gasteiger partial charge in [0.1, 0.15) is 11.4 Å². The Labute approximate surface area is 159 Å². The molecule has 3 aromatic rings. The second-order valence-corrected chi connectivity index (χ2v) is 6.70. The van der Waals surface area contributed by atoms with Gasteiger partial charge in [0.2, 0.25) is 0 Å². The van der Waals surface area contributed by atoms with Crippen molar-refractivity contribution in [2.75, 3.05) is 18.2 Å². The van der Waals surface area contributed by atoms with E-state index in [0.717, 1.165) is 10.5 Å². The first-order valence-corrected chi connectivity index (χ1v) is 9.65. The van der Waals surface area contributed by atoms with E-state index in [1.807, 2.05) is 30.5 Å². The van der Waals surface area contributed by atoms with Crippen LogP contribution in [0.25, 0.3) is 10.9 Å². The summed E-state index contributed by atoms with van der Waals surface area (Å²) >= 11 is 1.64. The molecule has 0 atom stereocenters. The number of carbonyl (C=O) groups excluding carboxylic acids is 1. The molecule has 0 saturated heterocycles. The first kappa shape index (κ1) is 19.0. The van der Waals surface area contributed by atoms with E-state index in [1.54, 1.807) is 18.7 Å². The van der Waals surface area contributed by atoms with E-state index in [4.69, 9.17) is 4.74 Å². The van der Waals surface area contributed by atoms with E-state index in [9.17, 15) is 14.0 Å². The van der Waals surface area contributed by atoms with Crippen LogP contribution >= 0.6 is 11.8 Å². The van der Waals surface area contributed by atoms with Crippen LogP contribution in [0, 0.1) is 5.82 Å². The fourth-order valence-corrected chi connectivity index (χ4v) is 3.19. The van der Waals surface area contributed by atoms with E-state index >= 15 is 0 Å². The SMILES string of the molecule is CCOC(=O)c1c(NCc2ccc(SC)cc2)c2cc(F)ccc2[nH]c1=O. The van der Waals surface area contributed by atoms with E-state index < -0.39 is 17.3 Å². The summed E-state index contributed by atoms with van der Waals surface area (Å²) in [5.74, 6) is -1.21. The zero-order valence-corrected chi connectivity index (χ0v) is 15.8. The molecule has 3 rings (SSSR count). The fraction of sp³-hybridized carbons (Fsp3) is 0.200. The van der Waals surface area contributed by atoms with Gasteiger partial charge in [0.15, 0.2) is 0 Å². The highest BCUT2D eigenvalue weighted by Crippen LogP contribution is 2.26. The molecule has 0 aliphatic rings. The lowest BCUT2D eigenvalue weighted by molar-refractivity contribution is 0.0525. The predicted octanol–water partition coefficient (Wildman–Crippen LogP) is 4.18. The third-order valence-electron chi connectivity index (χ3n) is 4.08. The summed E-state index contributed by atoms with van der Waals surface area (Å²) in [7, 11) is 0. The third kappa shape index (κ3) is 4.14. The van der Waals surface area contributed by atoms with Crippen molar-refractivity contribution >= 4 is 34.3 Å². The van der Waals surface area contributed by atoms with Crippen molar-refractivity contribution in [1.29, 1.82) is 0 Å². The van der Waals surface area contributed by atoms with Gasteiger partial charge < -0.3 is 15.0 Å². The summed E-state index contributed by atoms with van der Waals surface area (Å²) in [6.07, 6.45) is 2.00. The number of pyridine rings is 1. The second kappa shape index (κ2) is 8.26. The molecule has 2 aromatic carbocycles. The number of anilines is 1. The molecule has 7 heteroatoms. The van der Waals surface area contributed by atoms with Gasteiger partial charge in [-0.15, -0.1) is 11.8 Å². The van der Waals surface area contributed by atoms with Gasteiger partial charge in [-0.1, -0.05) is 12.1 Å². The minimum Gasteiger partial charge on any atom is -0.462 e. The highest BCUT2D eigenvalue weighted by molar-refractivity contribution is 7.98. The Hall–Kier alpha value is -2.80. The summed E-state index contributed by atoms with van der Waals surface area (Å²) < 4.78 is 18.8. The van der Waals surface area contributed by atoms with Crippen LogP contribution in [-0.2, 0) is 11.3 Å². The standard InChI is InChI=1S/C20H19FN2O3S/c1-3-26-20(25)17-18(22-11-12-4-7-14(27-2)8-5-12)15-10-13(21)6-9-16(15)23-19(17)24/h4-10H,3,11H2,1-2H3,(H2,22,23,24). The number of esters is 1. The summed E-state index contributed by atoms with van der Waals surface area (Å²) in [5.41, 5.74) is 0.936. The van der Waals surface area contributed by atoms with Gasteiger partial charge in [-0.3, -0.25) is 4.79 Å². The van der Waals surface area contributed by atoms with Crippen molar-refractivity contribution in [2.24, 2.45) is 0 Å². The van der Waals surface area contributed by atoms with E-state index in [2.05, 4.69) is 10.3 Å². The van der Waals surface area contributed by atoms with Gasteiger partial charge in [-0.25, -0.2) is 9.18 Å². The van der Waals surface area contributed by atoms with Crippen LogP contribution in [0.2, 0.25) is 0 Å². The Bertz CT molecular complexity index is 1030. The molecule has 0 spiro atoms. The van der Waals surface area contributed by atoms with Crippen molar-refractivity contribution in [3.05, 3.63) is 69.8 Å². The van der Waals surface area contributed by atoms with E-state index in [-0.39, 0.29) is 17.9 Å². The zero-order chi connectivity index (χ0) is 19.4. The largest absolute Gasteiger partial charge is 0.462 e. The number of thioether (sulfide) groups is 1. The molecule has 0 saturated carbocycles. The number of halogens is 1. The Balaban J connectivity index is 2.06. The highest BCUT2D eigenvalue weighted by Gasteiger charge is 2.21. The maximum Gasteiger partial charge on any atom is 0.345 e. The lowest BCUT2D eigenvalue weighted by Gasteiger charge is -2.14. The number of fused-ring (bicyclic) bond motifs is 1. The smallest absolute Gasteiger partial charge is 0.345 e. The highest BCUT2D eigenvalue weighted by atomic mass is 32.2. The molecule has 1 aromatic heterocycles. The normalized spacial score (nSPS) is 10.8. The monoisotopic (exact) mass is 386 g/mol. The second-order valence-electron chi connectivity index (χ2n) is 5.82. The quantitative estimate of drug-likeness (QED) is 0.491. The topological polar surface area (TPSA) is 71.2 Å².